The van der Waals surface area contributed by atoms with E-state index >= 15 is 0 Å². The molecule has 0 aliphatic carbocycles. The first kappa shape index (κ1) is 17.2. The van der Waals surface area contributed by atoms with E-state index in [4.69, 9.17) is 10.5 Å². The van der Waals surface area contributed by atoms with Crippen molar-refractivity contribution >= 4 is 11.6 Å². The van der Waals surface area contributed by atoms with Gasteiger partial charge in [0.25, 0.3) is 5.69 Å². The zero-order valence-corrected chi connectivity index (χ0v) is 13.5. The van der Waals surface area contributed by atoms with Crippen molar-refractivity contribution in [3.05, 3.63) is 33.9 Å². The Labute approximate surface area is 135 Å². The van der Waals surface area contributed by atoms with Gasteiger partial charge in [0.2, 0.25) is 5.91 Å². The van der Waals surface area contributed by atoms with Crippen LogP contribution in [0.1, 0.15) is 38.7 Å². The van der Waals surface area contributed by atoms with Crippen molar-refractivity contribution in [2.45, 2.75) is 51.8 Å². The van der Waals surface area contributed by atoms with E-state index in [0.29, 0.717) is 17.9 Å². The molecule has 1 atom stereocenters. The minimum absolute atomic E-state index is 0.0174. The molecule has 23 heavy (non-hydrogen) atoms. The third kappa shape index (κ3) is 4.41. The minimum atomic E-state index is -0.426. The summed E-state index contributed by atoms with van der Waals surface area (Å²) in [6.07, 6.45) is 2.64. The molecule has 7 heteroatoms. The van der Waals surface area contributed by atoms with Gasteiger partial charge in [-0.1, -0.05) is 6.42 Å². The van der Waals surface area contributed by atoms with E-state index in [0.717, 1.165) is 25.8 Å². The molecule has 0 spiro atoms. The lowest BCUT2D eigenvalue weighted by Gasteiger charge is -2.34. The molecule has 7 nitrogen and oxygen atoms in total. The van der Waals surface area contributed by atoms with Gasteiger partial charge >= 0.3 is 0 Å². The first-order valence-electron chi connectivity index (χ1n) is 7.86. The summed E-state index contributed by atoms with van der Waals surface area (Å²) in [7, 11) is 0. The number of likely N-dealkylation sites (tertiary alicyclic amines) is 1. The Morgan fingerprint density at radius 1 is 1.48 bits per heavy atom. The lowest BCUT2D eigenvalue weighted by atomic mass is 10.0. The fourth-order valence-corrected chi connectivity index (χ4v) is 2.89. The number of non-ortho nitro benzene ring substituents is 1. The Morgan fingerprint density at radius 2 is 2.22 bits per heavy atom. The highest BCUT2D eigenvalue weighted by atomic mass is 16.6. The van der Waals surface area contributed by atoms with Crippen molar-refractivity contribution in [3.63, 3.8) is 0 Å². The SMILES string of the molecule is CC(C)Oc1ccc([N+](=O)[O-])cc1CN1CCCC[C@@H]1C(N)=O. The average molecular weight is 321 g/mol. The maximum Gasteiger partial charge on any atom is 0.270 e. The van der Waals surface area contributed by atoms with Crippen molar-refractivity contribution in [1.82, 2.24) is 4.90 Å². The van der Waals surface area contributed by atoms with Crippen LogP contribution in [0.25, 0.3) is 0 Å². The predicted octanol–water partition coefficient (Wildman–Crippen LogP) is 2.22. The van der Waals surface area contributed by atoms with Crippen LogP contribution in [0.3, 0.4) is 0 Å². The lowest BCUT2D eigenvalue weighted by molar-refractivity contribution is -0.385. The van der Waals surface area contributed by atoms with Crippen LogP contribution in [0, 0.1) is 10.1 Å². The van der Waals surface area contributed by atoms with Crippen molar-refractivity contribution < 1.29 is 14.5 Å². The smallest absolute Gasteiger partial charge is 0.270 e. The molecule has 1 aliphatic rings. The number of nitrogens with zero attached hydrogens (tertiary/aromatic N) is 2. The standard InChI is InChI=1S/C16H23N3O4/c1-11(2)23-15-7-6-13(19(21)22)9-12(15)10-18-8-4-3-5-14(18)16(17)20/h6-7,9,11,14H,3-5,8,10H2,1-2H3,(H2,17,20)/t14-/m1/s1. The highest BCUT2D eigenvalue weighted by Crippen LogP contribution is 2.28. The number of primary amides is 1. The van der Waals surface area contributed by atoms with Crippen LogP contribution >= 0.6 is 0 Å². The van der Waals surface area contributed by atoms with E-state index in [1.54, 1.807) is 6.07 Å². The lowest BCUT2D eigenvalue weighted by Crippen LogP contribution is -2.47. The summed E-state index contributed by atoms with van der Waals surface area (Å²) < 4.78 is 5.75. The van der Waals surface area contributed by atoms with Gasteiger partial charge in [-0.3, -0.25) is 19.8 Å². The van der Waals surface area contributed by atoms with Gasteiger partial charge < -0.3 is 10.5 Å². The Hall–Kier alpha value is -2.15. The Kier molecular flexibility index (Phi) is 5.54. The van der Waals surface area contributed by atoms with Gasteiger partial charge in [0.15, 0.2) is 0 Å². The molecule has 1 saturated heterocycles. The molecule has 0 unspecified atom stereocenters. The molecule has 1 fully saturated rings. The molecule has 1 aromatic carbocycles. The van der Waals surface area contributed by atoms with Gasteiger partial charge in [-0.15, -0.1) is 0 Å². The number of rotatable bonds is 6. The second kappa shape index (κ2) is 7.41. The zero-order valence-electron chi connectivity index (χ0n) is 13.5. The number of hydrogen-bond donors (Lipinski definition) is 1. The number of nitro groups is 1. The van der Waals surface area contributed by atoms with Gasteiger partial charge in [-0.05, 0) is 39.3 Å². The number of carbonyl (C=O) groups is 1. The first-order chi connectivity index (χ1) is 10.9. The molecule has 1 aromatic rings. The first-order valence-corrected chi connectivity index (χ1v) is 7.86. The Bertz CT molecular complexity index is 589. The van der Waals surface area contributed by atoms with E-state index in [1.165, 1.54) is 12.1 Å². The summed E-state index contributed by atoms with van der Waals surface area (Å²) in [6, 6.07) is 4.25. The third-order valence-corrected chi connectivity index (χ3v) is 3.93. The van der Waals surface area contributed by atoms with Crippen LogP contribution < -0.4 is 10.5 Å². The second-order valence-corrected chi connectivity index (χ2v) is 6.10. The fourth-order valence-electron chi connectivity index (χ4n) is 2.89. The summed E-state index contributed by atoms with van der Waals surface area (Å²) in [6.45, 7) is 4.96. The Balaban J connectivity index is 2.29. The summed E-state index contributed by atoms with van der Waals surface area (Å²) in [4.78, 5) is 24.2. The number of amides is 1. The number of carbonyl (C=O) groups excluding carboxylic acids is 1. The largest absolute Gasteiger partial charge is 0.491 e. The molecule has 0 aromatic heterocycles. The molecule has 1 aliphatic heterocycles. The molecule has 126 valence electrons. The van der Waals surface area contributed by atoms with Crippen LogP contribution in [0.15, 0.2) is 18.2 Å². The number of piperidine rings is 1. The Morgan fingerprint density at radius 3 is 2.83 bits per heavy atom. The molecule has 1 heterocycles. The highest BCUT2D eigenvalue weighted by molar-refractivity contribution is 5.79. The topological polar surface area (TPSA) is 98.7 Å². The van der Waals surface area contributed by atoms with Crippen molar-refractivity contribution in [2.75, 3.05) is 6.54 Å². The van der Waals surface area contributed by atoms with Crippen LogP contribution in [-0.2, 0) is 11.3 Å². The van der Waals surface area contributed by atoms with E-state index in [1.807, 2.05) is 18.7 Å². The highest BCUT2D eigenvalue weighted by Gasteiger charge is 2.28. The molecule has 1 amide bonds. The summed E-state index contributed by atoms with van der Waals surface area (Å²) in [5.74, 6) is 0.265. The number of nitro benzene ring substituents is 1. The van der Waals surface area contributed by atoms with E-state index < -0.39 is 4.92 Å². The molecule has 0 radical (unpaired) electrons. The summed E-state index contributed by atoms with van der Waals surface area (Å²) >= 11 is 0. The second-order valence-electron chi connectivity index (χ2n) is 6.10. The quantitative estimate of drug-likeness (QED) is 0.640. The number of hydrogen-bond acceptors (Lipinski definition) is 5. The summed E-state index contributed by atoms with van der Waals surface area (Å²) in [5.41, 5.74) is 6.21. The van der Waals surface area contributed by atoms with Crippen molar-refractivity contribution in [2.24, 2.45) is 5.73 Å². The molecule has 2 rings (SSSR count). The van der Waals surface area contributed by atoms with Gasteiger partial charge in [0.1, 0.15) is 5.75 Å². The normalized spacial score (nSPS) is 18.8. The van der Waals surface area contributed by atoms with Crippen molar-refractivity contribution in [1.29, 1.82) is 0 Å². The van der Waals surface area contributed by atoms with Gasteiger partial charge in [-0.25, -0.2) is 0 Å². The van der Waals surface area contributed by atoms with Crippen LogP contribution in [0.4, 0.5) is 5.69 Å². The number of ether oxygens (including phenoxy) is 1. The average Bonchev–Trinajstić information content (AvgIpc) is 2.48. The van der Waals surface area contributed by atoms with Gasteiger partial charge in [-0.2, -0.15) is 0 Å². The summed E-state index contributed by atoms with van der Waals surface area (Å²) in [5, 5.41) is 11.0. The van der Waals surface area contributed by atoms with Crippen molar-refractivity contribution in [3.8, 4) is 5.75 Å². The molecule has 2 N–H and O–H groups in total. The molecular weight excluding hydrogens is 298 g/mol. The minimum Gasteiger partial charge on any atom is -0.491 e. The maximum absolute atomic E-state index is 11.6. The van der Waals surface area contributed by atoms with Gasteiger partial charge in [0.05, 0.1) is 17.1 Å². The monoisotopic (exact) mass is 321 g/mol. The van der Waals surface area contributed by atoms with Crippen LogP contribution in [0.5, 0.6) is 5.75 Å². The van der Waals surface area contributed by atoms with E-state index in [9.17, 15) is 14.9 Å². The number of benzene rings is 1. The van der Waals surface area contributed by atoms with Crippen LogP contribution in [0.2, 0.25) is 0 Å². The van der Waals surface area contributed by atoms with E-state index in [2.05, 4.69) is 0 Å². The maximum atomic E-state index is 11.6. The zero-order chi connectivity index (χ0) is 17.0. The van der Waals surface area contributed by atoms with E-state index in [-0.39, 0.29) is 23.7 Å². The predicted molar refractivity (Wildman–Crippen MR) is 86.1 cm³/mol. The fraction of sp³-hybridized carbons (Fsp3) is 0.562. The number of nitrogens with two attached hydrogens (primary N) is 1. The molecular formula is C16H23N3O4. The van der Waals surface area contributed by atoms with Gasteiger partial charge in [0, 0.05) is 24.2 Å². The molecule has 0 saturated carbocycles. The third-order valence-electron chi connectivity index (χ3n) is 3.93. The molecule has 0 bridgehead atoms. The van der Waals surface area contributed by atoms with Crippen LogP contribution in [-0.4, -0.2) is 34.4 Å².